The lowest BCUT2D eigenvalue weighted by atomic mass is 9.47. The highest BCUT2D eigenvalue weighted by Crippen LogP contribution is 2.65. The van der Waals surface area contributed by atoms with Crippen LogP contribution in [-0.4, -0.2) is 29.8 Å². The summed E-state index contributed by atoms with van der Waals surface area (Å²) in [6.07, 6.45) is 7.23. The number of carbonyl (C=O) groups is 2. The predicted molar refractivity (Wildman–Crippen MR) is 119 cm³/mol. The minimum Gasteiger partial charge on any atom is -0.336 e. The summed E-state index contributed by atoms with van der Waals surface area (Å²) >= 11 is 0. The third-order valence-corrected chi connectivity index (χ3v) is 9.59. The lowest BCUT2D eigenvalue weighted by Gasteiger charge is -2.60. The van der Waals surface area contributed by atoms with Gasteiger partial charge in [0, 0.05) is 30.1 Å². The average molecular weight is 443 g/mol. The normalized spacial score (nSPS) is 40.8. The van der Waals surface area contributed by atoms with Gasteiger partial charge in [-0.25, -0.2) is 8.78 Å². The molecule has 0 saturated heterocycles. The van der Waals surface area contributed by atoms with Crippen molar-refractivity contribution >= 4 is 17.5 Å². The number of hydrogen-bond donors (Lipinski definition) is 1. The first-order valence-electron chi connectivity index (χ1n) is 11.9. The van der Waals surface area contributed by atoms with Crippen LogP contribution in [0.15, 0.2) is 36.2 Å². The molecule has 7 atom stereocenters. The van der Waals surface area contributed by atoms with Gasteiger partial charge < -0.3 is 10.2 Å². The van der Waals surface area contributed by atoms with Gasteiger partial charge in [0.05, 0.1) is 0 Å². The van der Waals surface area contributed by atoms with Gasteiger partial charge in [-0.2, -0.15) is 0 Å². The fraction of sp³-hybridized carbons (Fsp3) is 0.615. The Kier molecular flexibility index (Phi) is 4.99. The lowest BCUT2D eigenvalue weighted by molar-refractivity contribution is -0.144. The van der Waals surface area contributed by atoms with Crippen LogP contribution in [0.2, 0.25) is 0 Å². The van der Waals surface area contributed by atoms with E-state index in [1.165, 1.54) is 12.1 Å². The molecule has 6 heteroatoms. The third kappa shape index (κ3) is 3.05. The van der Waals surface area contributed by atoms with Gasteiger partial charge in [-0.3, -0.25) is 9.59 Å². The molecular formula is C26H32F2N2O2. The Bertz CT molecular complexity index is 977. The highest BCUT2D eigenvalue weighted by atomic mass is 19.1. The molecule has 1 aromatic carbocycles. The van der Waals surface area contributed by atoms with Gasteiger partial charge in [0.25, 0.3) is 5.91 Å². The number of benzene rings is 1. The van der Waals surface area contributed by atoms with Crippen LogP contribution in [0.5, 0.6) is 0 Å². The summed E-state index contributed by atoms with van der Waals surface area (Å²) in [6.45, 7) is 4.39. The maximum absolute atomic E-state index is 14.5. The minimum atomic E-state index is -0.622. The van der Waals surface area contributed by atoms with Crippen molar-refractivity contribution in [1.82, 2.24) is 4.90 Å². The molecule has 1 aliphatic heterocycles. The average Bonchev–Trinajstić information content (AvgIpc) is 3.11. The predicted octanol–water partition coefficient (Wildman–Crippen LogP) is 5.32. The number of anilines is 1. The first-order chi connectivity index (χ1) is 15.1. The number of hydrogen-bond acceptors (Lipinski definition) is 2. The molecule has 2 unspecified atom stereocenters. The summed E-state index contributed by atoms with van der Waals surface area (Å²) in [6, 6.07) is 5.96. The Morgan fingerprint density at radius 1 is 1.03 bits per heavy atom. The van der Waals surface area contributed by atoms with Crippen molar-refractivity contribution < 1.29 is 18.4 Å². The molecule has 32 heavy (non-hydrogen) atoms. The molecule has 172 valence electrons. The van der Waals surface area contributed by atoms with Crippen LogP contribution in [0.4, 0.5) is 14.5 Å². The number of amides is 2. The first kappa shape index (κ1) is 21.6. The molecule has 4 aliphatic rings. The Balaban J connectivity index is 1.38. The molecule has 3 aliphatic carbocycles. The molecule has 0 bridgehead atoms. The summed E-state index contributed by atoms with van der Waals surface area (Å²) in [5.41, 5.74) is 0.180. The van der Waals surface area contributed by atoms with Crippen LogP contribution in [0, 0.1) is 40.3 Å². The Morgan fingerprint density at radius 3 is 2.47 bits per heavy atom. The highest BCUT2D eigenvalue weighted by molar-refractivity contribution is 5.93. The van der Waals surface area contributed by atoms with Crippen molar-refractivity contribution in [2.24, 2.45) is 34.5 Å². The van der Waals surface area contributed by atoms with Crippen LogP contribution in [-0.2, 0) is 9.59 Å². The molecule has 2 amide bonds. The third-order valence-electron chi connectivity index (χ3n) is 9.59. The number of halogens is 2. The standard InChI is InChI=1S/C26H32F2N2O2/c1-25-13-12-19-17(8-11-22-26(19,2)14-21(28)24(32)30(22)3)18(25)9-10-20(25)23(31)29-16-6-4-15(27)5-7-16/h4-7,14,17-20,22H,8-13H2,1-3H3,(H,29,31)/t17?,18-,19?,20+,22+,25-,26+/m0/s1. The Labute approximate surface area is 188 Å². The van der Waals surface area contributed by atoms with Gasteiger partial charge in [-0.1, -0.05) is 13.8 Å². The maximum Gasteiger partial charge on any atom is 0.282 e. The van der Waals surface area contributed by atoms with E-state index in [9.17, 15) is 18.4 Å². The zero-order valence-electron chi connectivity index (χ0n) is 19.0. The van der Waals surface area contributed by atoms with Crippen LogP contribution in [0.3, 0.4) is 0 Å². The summed E-state index contributed by atoms with van der Waals surface area (Å²) in [5.74, 6) is -0.320. The zero-order chi connectivity index (χ0) is 22.8. The molecule has 3 fully saturated rings. The van der Waals surface area contributed by atoms with Crippen molar-refractivity contribution in [2.45, 2.75) is 58.4 Å². The first-order valence-corrected chi connectivity index (χ1v) is 11.9. The lowest BCUT2D eigenvalue weighted by Crippen LogP contribution is -2.60. The van der Waals surface area contributed by atoms with Gasteiger partial charge in [-0.05, 0) is 92.0 Å². The summed E-state index contributed by atoms with van der Waals surface area (Å²) in [5, 5.41) is 3.00. The quantitative estimate of drug-likeness (QED) is 0.674. The fourth-order valence-corrected chi connectivity index (χ4v) is 8.02. The number of carbonyl (C=O) groups excluding carboxylic acids is 2. The molecular weight excluding hydrogens is 410 g/mol. The SMILES string of the molecule is CN1C(=O)C(F)=C[C@]2(C)C3CC[C@]4(C)[C@@H](C(=O)Nc5ccc(F)cc5)CC[C@H]4C3CC[C@@H]12. The zero-order valence-corrected chi connectivity index (χ0v) is 19.0. The second-order valence-electron chi connectivity index (χ2n) is 10.9. The molecule has 1 N–H and O–H groups in total. The van der Waals surface area contributed by atoms with Crippen LogP contribution < -0.4 is 5.32 Å². The number of fused-ring (bicyclic) bond motifs is 5. The van der Waals surface area contributed by atoms with Crippen LogP contribution in [0.25, 0.3) is 0 Å². The smallest absolute Gasteiger partial charge is 0.282 e. The van der Waals surface area contributed by atoms with Crippen molar-refractivity contribution in [3.8, 4) is 0 Å². The van der Waals surface area contributed by atoms with E-state index in [0.717, 1.165) is 38.5 Å². The number of rotatable bonds is 2. The summed E-state index contributed by atoms with van der Waals surface area (Å²) < 4.78 is 27.8. The highest BCUT2D eigenvalue weighted by Gasteiger charge is 2.62. The number of nitrogens with zero attached hydrogens (tertiary/aromatic N) is 1. The molecule has 1 aromatic rings. The van der Waals surface area contributed by atoms with Crippen molar-refractivity contribution in [3.63, 3.8) is 0 Å². The van der Waals surface area contributed by atoms with Crippen LogP contribution in [0.1, 0.15) is 52.4 Å². The monoisotopic (exact) mass is 442 g/mol. The fourth-order valence-electron chi connectivity index (χ4n) is 8.02. The number of likely N-dealkylation sites (N-methyl/N-ethyl adjacent to an activating group) is 1. The van der Waals surface area contributed by atoms with E-state index in [1.54, 1.807) is 30.2 Å². The summed E-state index contributed by atoms with van der Waals surface area (Å²) in [7, 11) is 1.73. The maximum atomic E-state index is 14.5. The van der Waals surface area contributed by atoms with E-state index in [1.807, 2.05) is 0 Å². The van der Waals surface area contributed by atoms with E-state index in [0.29, 0.717) is 23.4 Å². The Morgan fingerprint density at radius 2 is 1.75 bits per heavy atom. The van der Waals surface area contributed by atoms with E-state index < -0.39 is 11.7 Å². The minimum absolute atomic E-state index is 0.0221. The van der Waals surface area contributed by atoms with Crippen LogP contribution >= 0.6 is 0 Å². The van der Waals surface area contributed by atoms with Gasteiger partial charge in [0.15, 0.2) is 5.83 Å². The van der Waals surface area contributed by atoms with Crippen molar-refractivity contribution in [3.05, 3.63) is 42.0 Å². The van der Waals surface area contributed by atoms with Gasteiger partial charge in [0.2, 0.25) is 5.91 Å². The molecule has 0 aromatic heterocycles. The van der Waals surface area contributed by atoms with E-state index in [4.69, 9.17) is 0 Å². The summed E-state index contributed by atoms with van der Waals surface area (Å²) in [4.78, 5) is 27.1. The molecule has 5 rings (SSSR count). The molecule has 4 nitrogen and oxygen atoms in total. The molecule has 1 heterocycles. The van der Waals surface area contributed by atoms with Gasteiger partial charge in [0.1, 0.15) is 5.82 Å². The van der Waals surface area contributed by atoms with Gasteiger partial charge in [-0.15, -0.1) is 0 Å². The topological polar surface area (TPSA) is 49.4 Å². The van der Waals surface area contributed by atoms with E-state index in [-0.39, 0.29) is 34.5 Å². The number of nitrogens with one attached hydrogen (secondary N) is 1. The second kappa shape index (κ2) is 7.39. The molecule has 0 radical (unpaired) electrons. The van der Waals surface area contributed by atoms with E-state index >= 15 is 0 Å². The van der Waals surface area contributed by atoms with Gasteiger partial charge >= 0.3 is 0 Å². The van der Waals surface area contributed by atoms with E-state index in [2.05, 4.69) is 19.2 Å². The molecule has 0 spiro atoms. The molecule has 3 saturated carbocycles. The second-order valence-corrected chi connectivity index (χ2v) is 10.9. The van der Waals surface area contributed by atoms with Crippen molar-refractivity contribution in [1.29, 1.82) is 0 Å². The van der Waals surface area contributed by atoms with Crippen molar-refractivity contribution in [2.75, 3.05) is 12.4 Å². The largest absolute Gasteiger partial charge is 0.336 e. The Hall–Kier alpha value is -2.24.